The summed E-state index contributed by atoms with van der Waals surface area (Å²) in [7, 11) is 0. The second-order valence-electron chi connectivity index (χ2n) is 6.62. The number of H-pyrrole nitrogens is 1. The van der Waals surface area contributed by atoms with Crippen molar-refractivity contribution in [1.82, 2.24) is 15.0 Å². The Morgan fingerprint density at radius 3 is 2.88 bits per heavy atom. The fourth-order valence-corrected chi connectivity index (χ4v) is 3.70. The summed E-state index contributed by atoms with van der Waals surface area (Å²) in [6.07, 6.45) is 6.57. The molecule has 2 aromatic rings. The van der Waals surface area contributed by atoms with E-state index in [1.807, 2.05) is 0 Å². The molecular weight excluding hydrogens is 316 g/mol. The molecule has 0 amide bonds. The summed E-state index contributed by atoms with van der Waals surface area (Å²) in [5.41, 5.74) is 2.24. The van der Waals surface area contributed by atoms with Crippen molar-refractivity contribution in [2.75, 3.05) is 36.0 Å². The SMILES string of the molecule is N#Cc1ccncc1N1CCC(c2cc(=O)[nH]c(N3CCCC3)n2)C1. The molecule has 0 bridgehead atoms. The predicted octanol–water partition coefficient (Wildman–Crippen LogP) is 1.63. The summed E-state index contributed by atoms with van der Waals surface area (Å²) < 4.78 is 0. The molecule has 2 aliphatic rings. The number of hydrogen-bond acceptors (Lipinski definition) is 6. The molecule has 0 aromatic carbocycles. The van der Waals surface area contributed by atoms with E-state index in [2.05, 4.69) is 25.8 Å². The highest BCUT2D eigenvalue weighted by molar-refractivity contribution is 5.58. The summed E-state index contributed by atoms with van der Waals surface area (Å²) in [5.74, 6) is 0.882. The smallest absolute Gasteiger partial charge is 0.252 e. The molecule has 7 heteroatoms. The summed E-state index contributed by atoms with van der Waals surface area (Å²) in [6.45, 7) is 3.48. The lowest BCUT2D eigenvalue weighted by molar-refractivity contribution is 0.729. The lowest BCUT2D eigenvalue weighted by Gasteiger charge is -2.20. The van der Waals surface area contributed by atoms with Crippen molar-refractivity contribution < 1.29 is 0 Å². The minimum atomic E-state index is -0.0931. The Balaban J connectivity index is 1.58. The van der Waals surface area contributed by atoms with Gasteiger partial charge in [-0.15, -0.1) is 0 Å². The fraction of sp³-hybridized carbons (Fsp3) is 0.444. The normalized spacial score (nSPS) is 20.0. The number of rotatable bonds is 3. The molecule has 2 aliphatic heterocycles. The van der Waals surface area contributed by atoms with Crippen LogP contribution in [0.4, 0.5) is 11.6 Å². The number of nitriles is 1. The first-order valence-corrected chi connectivity index (χ1v) is 8.70. The van der Waals surface area contributed by atoms with E-state index in [0.29, 0.717) is 11.5 Å². The quantitative estimate of drug-likeness (QED) is 0.916. The lowest BCUT2D eigenvalue weighted by atomic mass is 10.0. The summed E-state index contributed by atoms with van der Waals surface area (Å²) >= 11 is 0. The van der Waals surface area contributed by atoms with Crippen LogP contribution in [0.2, 0.25) is 0 Å². The molecule has 2 aromatic heterocycles. The Hall–Kier alpha value is -2.88. The third-order valence-electron chi connectivity index (χ3n) is 5.02. The molecule has 0 saturated carbocycles. The monoisotopic (exact) mass is 336 g/mol. The van der Waals surface area contributed by atoms with E-state index in [1.54, 1.807) is 24.5 Å². The first kappa shape index (κ1) is 15.6. The maximum atomic E-state index is 12.1. The molecule has 1 unspecified atom stereocenters. The Morgan fingerprint density at radius 1 is 1.24 bits per heavy atom. The van der Waals surface area contributed by atoms with Crippen LogP contribution >= 0.6 is 0 Å². The van der Waals surface area contributed by atoms with Crippen molar-refractivity contribution in [2.45, 2.75) is 25.2 Å². The molecule has 1 N–H and O–H groups in total. The van der Waals surface area contributed by atoms with Crippen LogP contribution in [-0.4, -0.2) is 41.1 Å². The average molecular weight is 336 g/mol. The maximum absolute atomic E-state index is 12.1. The number of aromatic nitrogens is 3. The van der Waals surface area contributed by atoms with Gasteiger partial charge < -0.3 is 9.80 Å². The zero-order valence-electron chi connectivity index (χ0n) is 14.0. The van der Waals surface area contributed by atoms with Crippen molar-refractivity contribution in [1.29, 1.82) is 5.26 Å². The van der Waals surface area contributed by atoms with Crippen molar-refractivity contribution >= 4 is 11.6 Å². The Morgan fingerprint density at radius 2 is 2.08 bits per heavy atom. The van der Waals surface area contributed by atoms with E-state index in [9.17, 15) is 10.1 Å². The molecule has 7 nitrogen and oxygen atoms in total. The van der Waals surface area contributed by atoms with Crippen molar-refractivity contribution in [3.8, 4) is 6.07 Å². The van der Waals surface area contributed by atoms with Gasteiger partial charge in [-0.2, -0.15) is 5.26 Å². The molecule has 0 aliphatic carbocycles. The second-order valence-corrected chi connectivity index (χ2v) is 6.62. The van der Waals surface area contributed by atoms with Crippen LogP contribution in [0.3, 0.4) is 0 Å². The first-order chi connectivity index (χ1) is 12.2. The van der Waals surface area contributed by atoms with Crippen LogP contribution in [0, 0.1) is 11.3 Å². The zero-order chi connectivity index (χ0) is 17.2. The summed E-state index contributed by atoms with van der Waals surface area (Å²) in [5, 5.41) is 9.29. The third-order valence-corrected chi connectivity index (χ3v) is 5.02. The van der Waals surface area contributed by atoms with Crippen LogP contribution in [0.25, 0.3) is 0 Å². The first-order valence-electron chi connectivity index (χ1n) is 8.70. The molecule has 0 radical (unpaired) electrons. The van der Waals surface area contributed by atoms with Crippen LogP contribution in [0.5, 0.6) is 0 Å². The van der Waals surface area contributed by atoms with E-state index in [1.165, 1.54) is 0 Å². The van der Waals surface area contributed by atoms with Crippen LogP contribution < -0.4 is 15.4 Å². The molecule has 0 spiro atoms. The minimum Gasteiger partial charge on any atom is -0.369 e. The van der Waals surface area contributed by atoms with Crippen molar-refractivity contribution in [3.05, 3.63) is 46.1 Å². The highest BCUT2D eigenvalue weighted by atomic mass is 16.1. The molecular formula is C18H20N6O. The van der Waals surface area contributed by atoms with Gasteiger partial charge in [-0.1, -0.05) is 0 Å². The molecule has 4 rings (SSSR count). The largest absolute Gasteiger partial charge is 0.369 e. The number of nitrogens with zero attached hydrogens (tertiary/aromatic N) is 5. The zero-order valence-corrected chi connectivity index (χ0v) is 14.0. The van der Waals surface area contributed by atoms with Gasteiger partial charge in [-0.25, -0.2) is 4.98 Å². The fourth-order valence-electron chi connectivity index (χ4n) is 3.70. The number of nitrogens with one attached hydrogen (secondary N) is 1. The van der Waals surface area contributed by atoms with Crippen LogP contribution in [0.15, 0.2) is 29.3 Å². The molecule has 128 valence electrons. The van der Waals surface area contributed by atoms with E-state index < -0.39 is 0 Å². The highest BCUT2D eigenvalue weighted by Crippen LogP contribution is 2.31. The standard InChI is InChI=1S/C18H20N6O/c19-10-13-3-5-20-11-16(13)24-8-4-14(12-24)15-9-17(25)22-18(21-15)23-6-1-2-7-23/h3,5,9,11,14H,1-2,4,6-8,12H2,(H,21,22,25). The molecule has 25 heavy (non-hydrogen) atoms. The van der Waals surface area contributed by atoms with Crippen LogP contribution in [-0.2, 0) is 0 Å². The Bertz CT molecular complexity index is 864. The van der Waals surface area contributed by atoms with Gasteiger partial charge in [0.05, 0.1) is 23.1 Å². The average Bonchev–Trinajstić information content (AvgIpc) is 3.33. The van der Waals surface area contributed by atoms with Crippen molar-refractivity contribution in [3.63, 3.8) is 0 Å². The van der Waals surface area contributed by atoms with E-state index in [0.717, 1.165) is 56.8 Å². The number of anilines is 2. The van der Waals surface area contributed by atoms with Gasteiger partial charge in [-0.3, -0.25) is 14.8 Å². The molecule has 2 saturated heterocycles. The molecule has 2 fully saturated rings. The Labute approximate surface area is 145 Å². The van der Waals surface area contributed by atoms with Gasteiger partial charge in [0.2, 0.25) is 5.95 Å². The van der Waals surface area contributed by atoms with Gasteiger partial charge in [0, 0.05) is 44.4 Å². The van der Waals surface area contributed by atoms with Gasteiger partial charge in [0.25, 0.3) is 5.56 Å². The minimum absolute atomic E-state index is 0.0931. The van der Waals surface area contributed by atoms with Gasteiger partial charge in [-0.05, 0) is 25.3 Å². The number of hydrogen-bond donors (Lipinski definition) is 1. The Kier molecular flexibility index (Phi) is 4.10. The van der Waals surface area contributed by atoms with E-state index in [-0.39, 0.29) is 11.5 Å². The summed E-state index contributed by atoms with van der Waals surface area (Å²) in [4.78, 5) is 28.1. The number of pyridine rings is 1. The highest BCUT2D eigenvalue weighted by Gasteiger charge is 2.28. The third kappa shape index (κ3) is 3.07. The topological polar surface area (TPSA) is 88.9 Å². The van der Waals surface area contributed by atoms with Gasteiger partial charge in [0.1, 0.15) is 6.07 Å². The maximum Gasteiger partial charge on any atom is 0.252 e. The van der Waals surface area contributed by atoms with E-state index >= 15 is 0 Å². The second kappa shape index (κ2) is 6.55. The lowest BCUT2D eigenvalue weighted by Crippen LogP contribution is -2.25. The van der Waals surface area contributed by atoms with Crippen LogP contribution in [0.1, 0.15) is 36.4 Å². The molecule has 4 heterocycles. The van der Waals surface area contributed by atoms with Crippen molar-refractivity contribution in [2.24, 2.45) is 0 Å². The van der Waals surface area contributed by atoms with Gasteiger partial charge in [0.15, 0.2) is 0 Å². The van der Waals surface area contributed by atoms with Gasteiger partial charge >= 0.3 is 0 Å². The summed E-state index contributed by atoms with van der Waals surface area (Å²) in [6, 6.07) is 5.57. The number of aromatic amines is 1. The predicted molar refractivity (Wildman–Crippen MR) is 94.8 cm³/mol. The van der Waals surface area contributed by atoms with E-state index in [4.69, 9.17) is 4.98 Å². The molecule has 1 atom stereocenters.